The topological polar surface area (TPSA) is 59.7 Å². The lowest BCUT2D eigenvalue weighted by atomic mass is 10.1. The van der Waals surface area contributed by atoms with Crippen LogP contribution in [-0.2, 0) is 13.5 Å². The second-order valence-corrected chi connectivity index (χ2v) is 6.01. The molecule has 1 unspecified atom stereocenters. The van der Waals surface area contributed by atoms with Gasteiger partial charge in [0, 0.05) is 42.9 Å². The van der Waals surface area contributed by atoms with Crippen LogP contribution in [0.5, 0.6) is 0 Å². The Labute approximate surface area is 126 Å². The lowest BCUT2D eigenvalue weighted by Crippen LogP contribution is -2.26. The van der Waals surface area contributed by atoms with Crippen LogP contribution in [0.25, 0.3) is 0 Å². The van der Waals surface area contributed by atoms with Gasteiger partial charge in [0.2, 0.25) is 0 Å². The summed E-state index contributed by atoms with van der Waals surface area (Å²) in [5.41, 5.74) is 1.29. The molecule has 0 N–H and O–H groups in total. The average Bonchev–Trinajstić information content (AvgIpc) is 3.05. The number of tetrazole rings is 1. The van der Waals surface area contributed by atoms with Gasteiger partial charge in [0.15, 0.2) is 5.82 Å². The normalized spacial score (nSPS) is 19.6. The van der Waals surface area contributed by atoms with Crippen LogP contribution in [0.3, 0.4) is 0 Å². The zero-order chi connectivity index (χ0) is 13.9. The first kappa shape index (κ1) is 13.6. The maximum absolute atomic E-state index is 4.28. The van der Waals surface area contributed by atoms with Crippen molar-refractivity contribution in [3.8, 4) is 0 Å². The molecule has 0 aliphatic carbocycles. The first-order valence-electron chi connectivity index (χ1n) is 6.80. The highest BCUT2D eigenvalue weighted by atomic mass is 79.9. The first-order valence-corrected chi connectivity index (χ1v) is 7.59. The second kappa shape index (κ2) is 5.97. The Bertz CT molecular complexity index is 584. The zero-order valence-electron chi connectivity index (χ0n) is 11.4. The summed E-state index contributed by atoms with van der Waals surface area (Å²) in [6.07, 6.45) is 7.09. The number of aromatic nitrogens is 5. The first-order chi connectivity index (χ1) is 9.74. The molecular weight excluding hydrogens is 320 g/mol. The third-order valence-corrected chi connectivity index (χ3v) is 4.24. The van der Waals surface area contributed by atoms with Crippen LogP contribution < -0.4 is 0 Å². The van der Waals surface area contributed by atoms with Crippen molar-refractivity contribution in [2.24, 2.45) is 7.05 Å². The monoisotopic (exact) mass is 336 g/mol. The molecule has 0 saturated carbocycles. The molecule has 0 radical (unpaired) electrons. The lowest BCUT2D eigenvalue weighted by molar-refractivity contribution is 0.257. The molecule has 3 rings (SSSR count). The van der Waals surface area contributed by atoms with Gasteiger partial charge in [-0.25, -0.2) is 4.68 Å². The van der Waals surface area contributed by atoms with E-state index in [0.29, 0.717) is 6.04 Å². The largest absolute Gasteiger partial charge is 0.296 e. The average molecular weight is 337 g/mol. The molecule has 1 aliphatic heterocycles. The maximum Gasteiger partial charge on any atom is 0.152 e. The summed E-state index contributed by atoms with van der Waals surface area (Å²) in [7, 11) is 1.88. The number of aryl methyl sites for hydroxylation is 1. The van der Waals surface area contributed by atoms with Crippen LogP contribution in [0.2, 0.25) is 0 Å². The number of rotatable bonds is 4. The van der Waals surface area contributed by atoms with Gasteiger partial charge in [-0.15, -0.1) is 5.10 Å². The van der Waals surface area contributed by atoms with Gasteiger partial charge in [-0.05, 0) is 57.4 Å². The minimum atomic E-state index is 0.459. The number of pyridine rings is 1. The number of halogens is 1. The van der Waals surface area contributed by atoms with Crippen molar-refractivity contribution in [2.75, 3.05) is 13.1 Å². The van der Waals surface area contributed by atoms with E-state index in [4.69, 9.17) is 0 Å². The van der Waals surface area contributed by atoms with Gasteiger partial charge in [0.05, 0.1) is 0 Å². The Kier molecular flexibility index (Phi) is 4.07. The van der Waals surface area contributed by atoms with Gasteiger partial charge in [0.25, 0.3) is 0 Å². The molecule has 0 aromatic carbocycles. The predicted molar refractivity (Wildman–Crippen MR) is 78.0 cm³/mol. The third-order valence-electron chi connectivity index (χ3n) is 3.80. The van der Waals surface area contributed by atoms with E-state index in [1.807, 2.05) is 19.4 Å². The molecule has 1 fully saturated rings. The van der Waals surface area contributed by atoms with Gasteiger partial charge in [-0.1, -0.05) is 0 Å². The summed E-state index contributed by atoms with van der Waals surface area (Å²) in [5, 5.41) is 11.6. The van der Waals surface area contributed by atoms with Crippen LogP contribution in [0.15, 0.2) is 22.9 Å². The van der Waals surface area contributed by atoms with Crippen molar-refractivity contribution in [3.05, 3.63) is 34.3 Å². The molecule has 2 aromatic heterocycles. The fourth-order valence-electron chi connectivity index (χ4n) is 2.79. The number of hydrogen-bond donors (Lipinski definition) is 0. The van der Waals surface area contributed by atoms with E-state index in [-0.39, 0.29) is 0 Å². The van der Waals surface area contributed by atoms with E-state index in [9.17, 15) is 0 Å². The van der Waals surface area contributed by atoms with Crippen molar-refractivity contribution in [1.82, 2.24) is 30.1 Å². The van der Waals surface area contributed by atoms with Crippen LogP contribution in [0.4, 0.5) is 0 Å². The summed E-state index contributed by atoms with van der Waals surface area (Å²) in [5.74, 6) is 0.933. The highest BCUT2D eigenvalue weighted by Gasteiger charge is 2.26. The minimum absolute atomic E-state index is 0.459. The predicted octanol–water partition coefficient (Wildman–Crippen LogP) is 1.75. The summed E-state index contributed by atoms with van der Waals surface area (Å²) < 4.78 is 2.78. The van der Waals surface area contributed by atoms with Gasteiger partial charge in [-0.2, -0.15) is 0 Å². The van der Waals surface area contributed by atoms with E-state index >= 15 is 0 Å². The molecule has 6 nitrogen and oxygen atoms in total. The summed E-state index contributed by atoms with van der Waals surface area (Å²) in [4.78, 5) is 6.78. The molecule has 20 heavy (non-hydrogen) atoms. The molecule has 106 valence electrons. The van der Waals surface area contributed by atoms with Gasteiger partial charge < -0.3 is 0 Å². The van der Waals surface area contributed by atoms with Gasteiger partial charge in [0.1, 0.15) is 0 Å². The van der Waals surface area contributed by atoms with E-state index in [0.717, 1.165) is 29.8 Å². The Balaban J connectivity index is 1.68. The number of likely N-dealkylation sites (tertiary alicyclic amines) is 1. The molecule has 1 saturated heterocycles. The van der Waals surface area contributed by atoms with Gasteiger partial charge >= 0.3 is 0 Å². The lowest BCUT2D eigenvalue weighted by Gasteiger charge is -2.24. The molecule has 0 amide bonds. The molecule has 0 spiro atoms. The summed E-state index contributed by atoms with van der Waals surface area (Å²) in [6.45, 7) is 2.11. The fraction of sp³-hybridized carbons (Fsp3) is 0.538. The highest BCUT2D eigenvalue weighted by Crippen LogP contribution is 2.32. The molecule has 3 heterocycles. The van der Waals surface area contributed by atoms with Crippen LogP contribution in [0, 0.1) is 0 Å². The van der Waals surface area contributed by atoms with Crippen molar-refractivity contribution in [2.45, 2.75) is 25.3 Å². The fourth-order valence-corrected chi connectivity index (χ4v) is 3.17. The Morgan fingerprint density at radius 3 is 3.05 bits per heavy atom. The van der Waals surface area contributed by atoms with Crippen LogP contribution in [-0.4, -0.2) is 43.2 Å². The molecule has 0 bridgehead atoms. The number of hydrogen-bond acceptors (Lipinski definition) is 5. The van der Waals surface area contributed by atoms with Crippen LogP contribution >= 0.6 is 15.9 Å². The smallest absolute Gasteiger partial charge is 0.152 e. The van der Waals surface area contributed by atoms with E-state index < -0.39 is 0 Å². The molecule has 1 atom stereocenters. The van der Waals surface area contributed by atoms with Crippen molar-refractivity contribution in [3.63, 3.8) is 0 Å². The molecule has 2 aromatic rings. The molecular formula is C13H17BrN6. The van der Waals surface area contributed by atoms with E-state index in [1.165, 1.54) is 18.4 Å². The second-order valence-electron chi connectivity index (χ2n) is 5.10. The molecule has 7 heteroatoms. The Morgan fingerprint density at radius 1 is 1.40 bits per heavy atom. The molecule has 1 aliphatic rings. The van der Waals surface area contributed by atoms with Gasteiger partial charge in [-0.3, -0.25) is 9.88 Å². The third kappa shape index (κ3) is 2.88. The standard InChI is InChI=1S/C13H17BrN6/c1-19-13(16-17-18-19)4-6-20-5-2-3-12(20)10-7-11(14)9-15-8-10/h7-9,12H,2-6H2,1H3. The maximum atomic E-state index is 4.28. The zero-order valence-corrected chi connectivity index (χ0v) is 13.0. The van der Waals surface area contributed by atoms with Crippen molar-refractivity contribution < 1.29 is 0 Å². The van der Waals surface area contributed by atoms with Crippen LogP contribution in [0.1, 0.15) is 30.3 Å². The van der Waals surface area contributed by atoms with Crippen molar-refractivity contribution in [1.29, 1.82) is 0 Å². The van der Waals surface area contributed by atoms with Crippen molar-refractivity contribution >= 4 is 15.9 Å². The highest BCUT2D eigenvalue weighted by molar-refractivity contribution is 9.10. The Morgan fingerprint density at radius 2 is 2.30 bits per heavy atom. The summed E-state index contributed by atoms with van der Waals surface area (Å²) >= 11 is 3.50. The van der Waals surface area contributed by atoms with E-state index in [1.54, 1.807) is 4.68 Å². The minimum Gasteiger partial charge on any atom is -0.296 e. The summed E-state index contributed by atoms with van der Waals surface area (Å²) in [6, 6.07) is 2.63. The quantitative estimate of drug-likeness (QED) is 0.851. The SMILES string of the molecule is Cn1nnnc1CCN1CCCC1c1cncc(Br)c1. The number of nitrogens with zero attached hydrogens (tertiary/aromatic N) is 6. The Hall–Kier alpha value is -1.34. The van der Waals surface area contributed by atoms with E-state index in [2.05, 4.69) is 47.4 Å².